The number of amides is 1. The van der Waals surface area contributed by atoms with Crippen LogP contribution in [0.2, 0.25) is 0 Å². The van der Waals surface area contributed by atoms with Crippen LogP contribution in [-0.4, -0.2) is 33.3 Å². The average Bonchev–Trinajstić information content (AvgIpc) is 3.08. The van der Waals surface area contributed by atoms with E-state index in [9.17, 15) is 9.18 Å². The van der Waals surface area contributed by atoms with Gasteiger partial charge in [0, 0.05) is 19.3 Å². The van der Waals surface area contributed by atoms with Gasteiger partial charge in [0.25, 0.3) is 0 Å². The Kier molecular flexibility index (Phi) is 6.41. The minimum Gasteiger partial charge on any atom is -0.340 e. The molecule has 0 aliphatic carbocycles. The Morgan fingerprint density at radius 1 is 1.22 bits per heavy atom. The van der Waals surface area contributed by atoms with E-state index in [1.54, 1.807) is 24.1 Å². The zero-order valence-corrected chi connectivity index (χ0v) is 16.6. The van der Waals surface area contributed by atoms with Crippen molar-refractivity contribution < 1.29 is 9.18 Å². The molecular weight excluding hydrogens is 383 g/mol. The summed E-state index contributed by atoms with van der Waals surface area (Å²) in [4.78, 5) is 14.3. The average molecular weight is 403 g/mol. The van der Waals surface area contributed by atoms with Gasteiger partial charge in [-0.3, -0.25) is 4.79 Å². The molecule has 0 aliphatic heterocycles. The monoisotopic (exact) mass is 402 g/mol. The first kappa shape index (κ1) is 19.3. The van der Waals surface area contributed by atoms with E-state index < -0.39 is 0 Å². The normalized spacial score (nSPS) is 11.8. The van der Waals surface area contributed by atoms with Gasteiger partial charge in [-0.2, -0.15) is 0 Å². The summed E-state index contributed by atoms with van der Waals surface area (Å²) in [6.07, 6.45) is 0. The van der Waals surface area contributed by atoms with Gasteiger partial charge >= 0.3 is 0 Å². The van der Waals surface area contributed by atoms with E-state index >= 15 is 0 Å². The smallest absolute Gasteiger partial charge is 0.235 e. The second-order valence-corrected chi connectivity index (χ2v) is 8.51. The summed E-state index contributed by atoms with van der Waals surface area (Å²) in [5, 5.41) is 11.5. The number of aromatic nitrogens is 2. The fourth-order valence-electron chi connectivity index (χ4n) is 2.44. The van der Waals surface area contributed by atoms with Crippen molar-refractivity contribution in [1.82, 2.24) is 15.1 Å². The summed E-state index contributed by atoms with van der Waals surface area (Å²) < 4.78 is 13.9. The topological polar surface area (TPSA) is 58.1 Å². The van der Waals surface area contributed by atoms with Crippen molar-refractivity contribution in [3.8, 4) is 0 Å². The fraction of sp³-hybridized carbons (Fsp3) is 0.211. The van der Waals surface area contributed by atoms with Gasteiger partial charge in [-0.1, -0.05) is 59.5 Å². The molecule has 0 aliphatic rings. The number of nitrogens with zero attached hydrogens (tertiary/aromatic N) is 3. The Morgan fingerprint density at radius 3 is 2.74 bits per heavy atom. The zero-order valence-electron chi connectivity index (χ0n) is 14.9. The third-order valence-corrected chi connectivity index (χ3v) is 5.76. The van der Waals surface area contributed by atoms with Crippen LogP contribution in [0.3, 0.4) is 0 Å². The Bertz CT molecular complexity index is 903. The van der Waals surface area contributed by atoms with Gasteiger partial charge in [0.05, 0.1) is 5.25 Å². The van der Waals surface area contributed by atoms with Crippen LogP contribution < -0.4 is 5.32 Å². The highest BCUT2D eigenvalue weighted by molar-refractivity contribution is 8.02. The standard InChI is InChI=1S/C19H19FN4OS2/c1-13(17(25)24(2)12-14-7-4-3-5-8-14)26-19-23-22-18(27-19)21-16-10-6-9-15(20)11-16/h3-11,13H,12H2,1-2H3,(H,21,22)/t13-/m1/s1. The fourth-order valence-corrected chi connectivity index (χ4v) is 4.48. The number of carbonyl (C=O) groups is 1. The number of hydrogen-bond donors (Lipinski definition) is 1. The number of rotatable bonds is 7. The molecule has 27 heavy (non-hydrogen) atoms. The molecule has 3 aromatic rings. The van der Waals surface area contributed by atoms with Crippen molar-refractivity contribution in [3.05, 3.63) is 66.0 Å². The summed E-state index contributed by atoms with van der Waals surface area (Å²) in [5.41, 5.74) is 1.69. The quantitative estimate of drug-likeness (QED) is 0.587. The van der Waals surface area contributed by atoms with E-state index in [1.807, 2.05) is 37.3 Å². The van der Waals surface area contributed by atoms with Crippen LogP contribution in [0, 0.1) is 5.82 Å². The van der Waals surface area contributed by atoms with E-state index in [-0.39, 0.29) is 17.0 Å². The van der Waals surface area contributed by atoms with Crippen LogP contribution >= 0.6 is 23.1 Å². The molecule has 0 bridgehead atoms. The van der Waals surface area contributed by atoms with E-state index in [4.69, 9.17) is 0 Å². The first-order valence-electron chi connectivity index (χ1n) is 8.33. The van der Waals surface area contributed by atoms with Crippen molar-refractivity contribution in [3.63, 3.8) is 0 Å². The van der Waals surface area contributed by atoms with Crippen LogP contribution in [0.25, 0.3) is 0 Å². The SMILES string of the molecule is C[C@@H](Sc1nnc(Nc2cccc(F)c2)s1)C(=O)N(C)Cc1ccccc1. The maximum Gasteiger partial charge on any atom is 0.235 e. The number of anilines is 2. The Balaban J connectivity index is 1.56. The molecule has 140 valence electrons. The van der Waals surface area contributed by atoms with Gasteiger partial charge in [-0.05, 0) is 30.7 Å². The van der Waals surface area contributed by atoms with Crippen molar-refractivity contribution in [1.29, 1.82) is 0 Å². The first-order chi connectivity index (χ1) is 13.0. The highest BCUT2D eigenvalue weighted by atomic mass is 32.2. The molecule has 0 fully saturated rings. The molecule has 0 radical (unpaired) electrons. The lowest BCUT2D eigenvalue weighted by Crippen LogP contribution is -2.32. The first-order valence-corrected chi connectivity index (χ1v) is 10.0. The molecular formula is C19H19FN4OS2. The predicted octanol–water partition coefficient (Wildman–Crippen LogP) is 4.56. The Labute approximate surface area is 165 Å². The lowest BCUT2D eigenvalue weighted by molar-refractivity contribution is -0.129. The predicted molar refractivity (Wildman–Crippen MR) is 108 cm³/mol. The Morgan fingerprint density at radius 2 is 2.00 bits per heavy atom. The number of nitrogens with one attached hydrogen (secondary N) is 1. The number of benzene rings is 2. The molecule has 1 heterocycles. The van der Waals surface area contributed by atoms with E-state index in [0.717, 1.165) is 5.56 Å². The number of halogens is 1. The summed E-state index contributed by atoms with van der Waals surface area (Å²) in [6.45, 7) is 2.42. The maximum atomic E-state index is 13.2. The molecule has 0 saturated heterocycles. The summed E-state index contributed by atoms with van der Waals surface area (Å²) in [7, 11) is 1.80. The molecule has 0 spiro atoms. The summed E-state index contributed by atoms with van der Waals surface area (Å²) >= 11 is 2.70. The highest BCUT2D eigenvalue weighted by Gasteiger charge is 2.21. The van der Waals surface area contributed by atoms with Crippen molar-refractivity contribution >= 4 is 39.8 Å². The van der Waals surface area contributed by atoms with Crippen LogP contribution in [-0.2, 0) is 11.3 Å². The van der Waals surface area contributed by atoms with Gasteiger partial charge in [-0.15, -0.1) is 10.2 Å². The maximum absolute atomic E-state index is 13.2. The number of carbonyl (C=O) groups excluding carboxylic acids is 1. The van der Waals surface area contributed by atoms with Crippen LogP contribution in [0.15, 0.2) is 58.9 Å². The molecule has 1 N–H and O–H groups in total. The largest absolute Gasteiger partial charge is 0.340 e. The molecule has 1 amide bonds. The number of hydrogen-bond acceptors (Lipinski definition) is 6. The molecule has 1 atom stereocenters. The Hall–Kier alpha value is -2.45. The summed E-state index contributed by atoms with van der Waals surface area (Å²) in [6, 6.07) is 16.0. The van der Waals surface area contributed by atoms with Crippen molar-refractivity contribution in [2.75, 3.05) is 12.4 Å². The molecule has 5 nitrogen and oxygen atoms in total. The van der Waals surface area contributed by atoms with Gasteiger partial charge in [0.1, 0.15) is 5.82 Å². The minimum atomic E-state index is -0.320. The highest BCUT2D eigenvalue weighted by Crippen LogP contribution is 2.31. The lowest BCUT2D eigenvalue weighted by atomic mass is 10.2. The lowest BCUT2D eigenvalue weighted by Gasteiger charge is -2.20. The van der Waals surface area contributed by atoms with Crippen LogP contribution in [0.1, 0.15) is 12.5 Å². The van der Waals surface area contributed by atoms with Gasteiger partial charge < -0.3 is 10.2 Å². The third kappa shape index (κ3) is 5.51. The minimum absolute atomic E-state index is 0.0266. The van der Waals surface area contributed by atoms with Gasteiger partial charge in [-0.25, -0.2) is 4.39 Å². The van der Waals surface area contributed by atoms with E-state index in [1.165, 1.54) is 35.2 Å². The van der Waals surface area contributed by atoms with E-state index in [2.05, 4.69) is 15.5 Å². The van der Waals surface area contributed by atoms with Crippen molar-refractivity contribution in [2.24, 2.45) is 0 Å². The van der Waals surface area contributed by atoms with Crippen LogP contribution in [0.4, 0.5) is 15.2 Å². The molecule has 3 rings (SSSR count). The van der Waals surface area contributed by atoms with Crippen LogP contribution in [0.5, 0.6) is 0 Å². The molecule has 8 heteroatoms. The third-order valence-electron chi connectivity index (χ3n) is 3.75. The zero-order chi connectivity index (χ0) is 19.2. The second kappa shape index (κ2) is 8.96. The molecule has 0 saturated carbocycles. The van der Waals surface area contributed by atoms with Crippen molar-refractivity contribution in [2.45, 2.75) is 23.1 Å². The number of thioether (sulfide) groups is 1. The summed E-state index contributed by atoms with van der Waals surface area (Å²) in [5.74, 6) is -0.293. The van der Waals surface area contributed by atoms with E-state index in [0.29, 0.717) is 21.7 Å². The van der Waals surface area contributed by atoms with Gasteiger partial charge in [0.15, 0.2) is 4.34 Å². The van der Waals surface area contributed by atoms with Gasteiger partial charge in [0.2, 0.25) is 11.0 Å². The molecule has 2 aromatic carbocycles. The second-order valence-electron chi connectivity index (χ2n) is 5.95. The molecule has 1 aromatic heterocycles. The molecule has 0 unspecified atom stereocenters.